The topological polar surface area (TPSA) is 40.5 Å². The molecule has 1 rings (SSSR count). The van der Waals surface area contributed by atoms with E-state index in [4.69, 9.17) is 12.2 Å². The van der Waals surface area contributed by atoms with E-state index in [1.54, 1.807) is 0 Å². The van der Waals surface area contributed by atoms with Crippen molar-refractivity contribution < 1.29 is 10.0 Å². The Morgan fingerprint density at radius 1 is 1.15 bits per heavy atom. The van der Waals surface area contributed by atoms with E-state index in [9.17, 15) is 10.0 Å². The molecule has 0 spiro atoms. The molecule has 0 saturated carbocycles. The van der Waals surface area contributed by atoms with E-state index in [1.807, 2.05) is 30.3 Å². The zero-order chi connectivity index (χ0) is 14.8. The van der Waals surface area contributed by atoms with Crippen molar-refractivity contribution in [2.75, 3.05) is 0 Å². The molecule has 0 bridgehead atoms. The predicted molar refractivity (Wildman–Crippen MR) is 84.8 cm³/mol. The molecule has 0 heterocycles. The minimum absolute atomic E-state index is 0.292. The van der Waals surface area contributed by atoms with Crippen LogP contribution in [0.1, 0.15) is 51.0 Å². The number of carbonyl (C=O) groups is 1. The number of amides is 1. The van der Waals surface area contributed by atoms with Crippen LogP contribution in [-0.2, 0) is 11.2 Å². The third-order valence-corrected chi connectivity index (χ3v) is 3.56. The molecule has 0 aliphatic rings. The monoisotopic (exact) mass is 293 g/mol. The van der Waals surface area contributed by atoms with Crippen LogP contribution in [0.3, 0.4) is 0 Å². The van der Waals surface area contributed by atoms with Gasteiger partial charge in [-0.25, -0.2) is 0 Å². The second kappa shape index (κ2) is 9.61. The largest absolute Gasteiger partial charge is 0.280 e. The molecule has 20 heavy (non-hydrogen) atoms. The summed E-state index contributed by atoms with van der Waals surface area (Å²) in [5, 5.41) is 10.4. The highest BCUT2D eigenvalue weighted by Gasteiger charge is 2.15. The minimum atomic E-state index is -0.292. The molecule has 0 aliphatic carbocycles. The van der Waals surface area contributed by atoms with Gasteiger partial charge in [0.15, 0.2) is 0 Å². The molecule has 0 fully saturated rings. The van der Waals surface area contributed by atoms with E-state index in [0.717, 1.165) is 37.7 Å². The summed E-state index contributed by atoms with van der Waals surface area (Å²) < 4.78 is 0. The van der Waals surface area contributed by atoms with Crippen molar-refractivity contribution in [3.8, 4) is 0 Å². The fourth-order valence-corrected chi connectivity index (χ4v) is 2.15. The number of benzene rings is 1. The van der Waals surface area contributed by atoms with Gasteiger partial charge in [-0.1, -0.05) is 68.7 Å². The van der Waals surface area contributed by atoms with Crippen molar-refractivity contribution >= 4 is 23.1 Å². The van der Waals surface area contributed by atoms with E-state index in [0.29, 0.717) is 22.9 Å². The van der Waals surface area contributed by atoms with Crippen LogP contribution in [0.5, 0.6) is 0 Å². The lowest BCUT2D eigenvalue weighted by atomic mass is 10.1. The highest BCUT2D eigenvalue weighted by atomic mass is 32.1. The SMILES string of the molecule is CCCCCCC(=O)N(O)C(=S)CCc1ccccc1. The smallest absolute Gasteiger partial charge is 0.251 e. The summed E-state index contributed by atoms with van der Waals surface area (Å²) in [6.45, 7) is 2.12. The number of nitrogens with zero attached hydrogens (tertiary/aromatic N) is 1. The molecule has 0 radical (unpaired) electrons. The maximum absolute atomic E-state index is 11.7. The highest BCUT2D eigenvalue weighted by molar-refractivity contribution is 7.80. The molecule has 1 amide bonds. The van der Waals surface area contributed by atoms with Crippen molar-refractivity contribution in [3.63, 3.8) is 0 Å². The van der Waals surface area contributed by atoms with Crippen LogP contribution in [0.25, 0.3) is 0 Å². The van der Waals surface area contributed by atoms with Gasteiger partial charge < -0.3 is 0 Å². The van der Waals surface area contributed by atoms with Gasteiger partial charge in [0.2, 0.25) is 0 Å². The van der Waals surface area contributed by atoms with E-state index in [1.165, 1.54) is 0 Å². The van der Waals surface area contributed by atoms with Crippen LogP contribution >= 0.6 is 12.2 Å². The lowest BCUT2D eigenvalue weighted by molar-refractivity contribution is -0.149. The first-order chi connectivity index (χ1) is 9.65. The Bertz CT molecular complexity index is 420. The molecule has 0 unspecified atom stereocenters. The third kappa shape index (κ3) is 6.26. The van der Waals surface area contributed by atoms with Gasteiger partial charge in [0.25, 0.3) is 5.91 Å². The Hall–Kier alpha value is -1.26. The summed E-state index contributed by atoms with van der Waals surface area (Å²) in [5.74, 6) is -0.292. The predicted octanol–water partition coefficient (Wildman–Crippen LogP) is 4.13. The van der Waals surface area contributed by atoms with Gasteiger partial charge >= 0.3 is 0 Å². The lowest BCUT2D eigenvalue weighted by Gasteiger charge is -2.15. The summed E-state index contributed by atoms with van der Waals surface area (Å²) in [6.07, 6.45) is 5.69. The van der Waals surface area contributed by atoms with Gasteiger partial charge in [-0.05, 0) is 18.4 Å². The summed E-state index contributed by atoms with van der Waals surface area (Å²) in [6, 6.07) is 9.91. The second-order valence-electron chi connectivity index (χ2n) is 4.90. The Labute approximate surface area is 126 Å². The van der Waals surface area contributed by atoms with Crippen molar-refractivity contribution in [3.05, 3.63) is 35.9 Å². The fourth-order valence-electron chi connectivity index (χ4n) is 1.95. The van der Waals surface area contributed by atoms with Crippen molar-refractivity contribution in [2.24, 2.45) is 0 Å². The van der Waals surface area contributed by atoms with E-state index >= 15 is 0 Å². The quantitative estimate of drug-likeness (QED) is 0.339. The fraction of sp³-hybridized carbons (Fsp3) is 0.500. The van der Waals surface area contributed by atoms with Crippen LogP contribution in [0.15, 0.2) is 30.3 Å². The number of hydrogen-bond donors (Lipinski definition) is 1. The summed E-state index contributed by atoms with van der Waals surface area (Å²) in [7, 11) is 0. The molecule has 0 aliphatic heterocycles. The lowest BCUT2D eigenvalue weighted by Crippen LogP contribution is -2.32. The average molecular weight is 293 g/mol. The van der Waals surface area contributed by atoms with E-state index < -0.39 is 0 Å². The number of rotatable bonds is 8. The number of hydrogen-bond acceptors (Lipinski definition) is 3. The number of unbranched alkanes of at least 4 members (excludes halogenated alkanes) is 3. The van der Waals surface area contributed by atoms with Crippen molar-refractivity contribution in [1.82, 2.24) is 5.06 Å². The zero-order valence-corrected chi connectivity index (χ0v) is 12.9. The van der Waals surface area contributed by atoms with Crippen LogP contribution in [0, 0.1) is 0 Å². The Kier molecular flexibility index (Phi) is 8.07. The van der Waals surface area contributed by atoms with Gasteiger partial charge in [0.1, 0.15) is 4.99 Å². The summed E-state index contributed by atoms with van der Waals surface area (Å²) in [5.41, 5.74) is 1.15. The second-order valence-corrected chi connectivity index (χ2v) is 5.37. The van der Waals surface area contributed by atoms with Gasteiger partial charge in [-0.3, -0.25) is 10.0 Å². The summed E-state index contributed by atoms with van der Waals surface area (Å²) >= 11 is 5.11. The Balaban J connectivity index is 2.29. The molecular formula is C16H23NO2S. The van der Waals surface area contributed by atoms with Crippen molar-refractivity contribution in [2.45, 2.75) is 51.9 Å². The molecule has 0 saturated heterocycles. The molecule has 1 N–H and O–H groups in total. The Morgan fingerprint density at radius 2 is 1.85 bits per heavy atom. The molecule has 0 aromatic heterocycles. The normalized spacial score (nSPS) is 10.3. The van der Waals surface area contributed by atoms with Gasteiger partial charge in [0, 0.05) is 12.8 Å². The zero-order valence-electron chi connectivity index (χ0n) is 12.0. The Morgan fingerprint density at radius 3 is 2.50 bits per heavy atom. The van der Waals surface area contributed by atoms with Crippen LogP contribution in [0.2, 0.25) is 0 Å². The van der Waals surface area contributed by atoms with Crippen molar-refractivity contribution in [1.29, 1.82) is 0 Å². The minimum Gasteiger partial charge on any atom is -0.280 e. The van der Waals surface area contributed by atoms with Crippen LogP contribution in [-0.4, -0.2) is 21.2 Å². The molecule has 1 aromatic carbocycles. The van der Waals surface area contributed by atoms with Gasteiger partial charge in [-0.2, -0.15) is 5.06 Å². The third-order valence-electron chi connectivity index (χ3n) is 3.19. The number of hydroxylamine groups is 2. The molecule has 110 valence electrons. The first kappa shape index (κ1) is 16.8. The van der Waals surface area contributed by atoms with Gasteiger partial charge in [0.05, 0.1) is 0 Å². The number of carbonyl (C=O) groups excluding carboxylic acids is 1. The number of aryl methyl sites for hydroxylation is 1. The molecular weight excluding hydrogens is 270 g/mol. The van der Waals surface area contributed by atoms with Crippen LogP contribution < -0.4 is 0 Å². The highest BCUT2D eigenvalue weighted by Crippen LogP contribution is 2.08. The molecule has 0 atom stereocenters. The average Bonchev–Trinajstić information content (AvgIpc) is 2.49. The summed E-state index contributed by atoms with van der Waals surface area (Å²) in [4.78, 5) is 12.0. The molecule has 3 nitrogen and oxygen atoms in total. The van der Waals surface area contributed by atoms with E-state index in [-0.39, 0.29) is 5.91 Å². The first-order valence-corrected chi connectivity index (χ1v) is 7.64. The molecule has 1 aromatic rings. The van der Waals surface area contributed by atoms with E-state index in [2.05, 4.69) is 6.92 Å². The molecule has 4 heteroatoms. The maximum atomic E-state index is 11.7. The number of thiocarbonyl (C=S) groups is 1. The standard InChI is InChI=1S/C16H23NO2S/c1-2-3-4-8-11-15(18)17(19)16(20)13-12-14-9-6-5-7-10-14/h5-7,9-10,19H,2-4,8,11-13H2,1H3. The first-order valence-electron chi connectivity index (χ1n) is 7.23. The van der Waals surface area contributed by atoms with Crippen LogP contribution in [0.4, 0.5) is 0 Å². The van der Waals surface area contributed by atoms with Gasteiger partial charge in [-0.15, -0.1) is 0 Å². The maximum Gasteiger partial charge on any atom is 0.251 e.